The fourth-order valence-electron chi connectivity index (χ4n) is 9.14. The summed E-state index contributed by atoms with van der Waals surface area (Å²) in [6.45, 7) is 12.5. The molecule has 1 aromatic carbocycles. The van der Waals surface area contributed by atoms with Gasteiger partial charge in [-0.2, -0.15) is 10.1 Å². The van der Waals surface area contributed by atoms with Crippen LogP contribution in [0.4, 0.5) is 23.1 Å². The molecule has 3 N–H and O–H groups in total. The number of nitrogens with one attached hydrogen (secondary N) is 3. The van der Waals surface area contributed by atoms with Crippen LogP contribution in [0.2, 0.25) is 5.02 Å². The van der Waals surface area contributed by atoms with E-state index in [0.717, 1.165) is 67.8 Å². The molecule has 0 saturated carbocycles. The standard InChI is InChI=1S/C43H53ClN12O5/c1-24(2)56-40-28(17-34(42(56)60)61-23-36(58)45-5)16-29(18-46-40)48-39-32(44)19-47-43(50-39)53-14-12-27(13-15-53)22-55-25(3)20-54(21-26(55)4)33-9-7-8-30-37(51-52(6)38(30)33)31-10-11-35(57)49-41(31)59/h7-9,16-19,24-27,31H,10-15,20-23H2,1-6H3,(H,45,58)(H,47,48,50)(H,49,57,59)/t25-,26+,31?. The van der Waals surface area contributed by atoms with Gasteiger partial charge < -0.3 is 25.2 Å². The third-order valence-corrected chi connectivity index (χ3v) is 12.5. The van der Waals surface area contributed by atoms with Gasteiger partial charge in [0.25, 0.3) is 11.5 Å². The SMILES string of the molecule is CNC(=O)COc1cc2cc(Nc3nc(N4CCC(CN5[C@H](C)CN(c6cccc7c(C8CCC(=O)NC8=O)nn(C)c67)C[C@@H]5C)CC4)ncc3Cl)cnc2n(C(C)C)c1=O. The van der Waals surface area contributed by atoms with Gasteiger partial charge in [-0.3, -0.25) is 38.6 Å². The van der Waals surface area contributed by atoms with Gasteiger partial charge in [-0.05, 0) is 71.1 Å². The molecule has 61 heavy (non-hydrogen) atoms. The molecule has 0 aliphatic carbocycles. The average molecular weight is 853 g/mol. The lowest BCUT2D eigenvalue weighted by Gasteiger charge is -2.47. The monoisotopic (exact) mass is 852 g/mol. The average Bonchev–Trinajstić information content (AvgIpc) is 3.57. The Morgan fingerprint density at radius 1 is 1.02 bits per heavy atom. The maximum atomic E-state index is 13.2. The maximum Gasteiger partial charge on any atom is 0.294 e. The molecule has 1 unspecified atom stereocenters. The molecule has 4 aromatic heterocycles. The molecule has 18 heteroatoms. The first kappa shape index (κ1) is 41.9. The highest BCUT2D eigenvalue weighted by Crippen LogP contribution is 2.37. The highest BCUT2D eigenvalue weighted by atomic mass is 35.5. The van der Waals surface area contributed by atoms with Crippen LogP contribution in [-0.2, 0) is 21.4 Å². The zero-order valence-corrected chi connectivity index (χ0v) is 36.2. The lowest BCUT2D eigenvalue weighted by molar-refractivity contribution is -0.134. The van der Waals surface area contributed by atoms with Gasteiger partial charge in [-0.25, -0.2) is 9.97 Å². The Hall–Kier alpha value is -5.81. The Balaban J connectivity index is 0.907. The van der Waals surface area contributed by atoms with Crippen molar-refractivity contribution in [2.75, 3.05) is 61.5 Å². The van der Waals surface area contributed by atoms with Crippen LogP contribution in [0, 0.1) is 5.92 Å². The first-order valence-electron chi connectivity index (χ1n) is 21.0. The summed E-state index contributed by atoms with van der Waals surface area (Å²) in [7, 11) is 3.44. The molecular formula is C43H53ClN12O5. The van der Waals surface area contributed by atoms with E-state index in [0.29, 0.717) is 64.4 Å². The third kappa shape index (κ3) is 8.45. The van der Waals surface area contributed by atoms with Gasteiger partial charge in [0.05, 0.1) is 40.9 Å². The number of piperazine rings is 1. The number of aryl methyl sites for hydroxylation is 1. The number of amides is 3. The predicted octanol–water partition coefficient (Wildman–Crippen LogP) is 4.51. The summed E-state index contributed by atoms with van der Waals surface area (Å²) in [6.07, 6.45) is 6.03. The van der Waals surface area contributed by atoms with Crippen molar-refractivity contribution < 1.29 is 19.1 Å². The summed E-state index contributed by atoms with van der Waals surface area (Å²) in [5.74, 6) is 0.332. The van der Waals surface area contributed by atoms with E-state index in [-0.39, 0.29) is 41.7 Å². The summed E-state index contributed by atoms with van der Waals surface area (Å²) >= 11 is 6.62. The van der Waals surface area contributed by atoms with Crippen molar-refractivity contribution in [3.8, 4) is 5.75 Å². The van der Waals surface area contributed by atoms with E-state index in [9.17, 15) is 19.2 Å². The highest BCUT2D eigenvalue weighted by Gasteiger charge is 2.35. The molecule has 3 atom stereocenters. The molecule has 8 rings (SSSR count). The highest BCUT2D eigenvalue weighted by molar-refractivity contribution is 6.33. The molecule has 3 aliphatic heterocycles. The van der Waals surface area contributed by atoms with E-state index >= 15 is 0 Å². The van der Waals surface area contributed by atoms with Gasteiger partial charge in [0.1, 0.15) is 10.7 Å². The minimum absolute atomic E-state index is 0.0581. The van der Waals surface area contributed by atoms with Crippen molar-refractivity contribution in [2.24, 2.45) is 13.0 Å². The van der Waals surface area contributed by atoms with Gasteiger partial charge in [0.2, 0.25) is 17.8 Å². The molecule has 0 radical (unpaired) electrons. The number of hydrogen-bond acceptors (Lipinski definition) is 13. The van der Waals surface area contributed by atoms with Crippen LogP contribution >= 0.6 is 11.6 Å². The van der Waals surface area contributed by atoms with Crippen molar-refractivity contribution in [3.05, 3.63) is 63.8 Å². The summed E-state index contributed by atoms with van der Waals surface area (Å²) < 4.78 is 9.04. The number of ether oxygens (including phenoxy) is 1. The lowest BCUT2D eigenvalue weighted by atomic mass is 9.92. The van der Waals surface area contributed by atoms with Crippen LogP contribution < -0.4 is 36.0 Å². The Kier molecular flexibility index (Phi) is 11.9. The van der Waals surface area contributed by atoms with E-state index in [4.69, 9.17) is 26.4 Å². The summed E-state index contributed by atoms with van der Waals surface area (Å²) in [5.41, 5.74) is 3.60. The number of piperidine rings is 2. The Bertz CT molecular complexity index is 2540. The zero-order valence-electron chi connectivity index (χ0n) is 35.4. The van der Waals surface area contributed by atoms with Gasteiger partial charge in [0, 0.05) is 82.1 Å². The Labute approximate surface area is 358 Å². The molecule has 3 amide bonds. The number of nitrogens with zero attached hydrogens (tertiary/aromatic N) is 9. The quantitative estimate of drug-likeness (QED) is 0.158. The van der Waals surface area contributed by atoms with Crippen molar-refractivity contribution in [1.82, 2.24) is 44.8 Å². The van der Waals surface area contributed by atoms with Gasteiger partial charge in [0.15, 0.2) is 18.2 Å². The second-order valence-electron chi connectivity index (χ2n) is 16.8. The molecule has 3 fully saturated rings. The molecule has 5 aromatic rings. The number of fused-ring (bicyclic) bond motifs is 2. The van der Waals surface area contributed by atoms with E-state index in [1.54, 1.807) is 23.0 Å². The van der Waals surface area contributed by atoms with E-state index < -0.39 is 5.92 Å². The number of benzene rings is 1. The van der Waals surface area contributed by atoms with E-state index in [1.807, 2.05) is 43.8 Å². The number of anilines is 4. The van der Waals surface area contributed by atoms with Crippen LogP contribution in [0.5, 0.6) is 5.75 Å². The van der Waals surface area contributed by atoms with Crippen molar-refractivity contribution >= 4 is 74.4 Å². The van der Waals surface area contributed by atoms with Crippen LogP contribution in [-0.4, -0.2) is 110 Å². The number of aromatic nitrogens is 6. The second kappa shape index (κ2) is 17.3. The number of likely N-dealkylation sites (N-methyl/N-ethyl adjacent to an activating group) is 1. The van der Waals surface area contributed by atoms with Gasteiger partial charge in [-0.1, -0.05) is 23.7 Å². The minimum Gasteiger partial charge on any atom is -0.478 e. The Morgan fingerprint density at radius 3 is 2.48 bits per heavy atom. The molecule has 322 valence electrons. The molecular weight excluding hydrogens is 800 g/mol. The fourth-order valence-corrected chi connectivity index (χ4v) is 9.28. The number of para-hydroxylation sites is 1. The third-order valence-electron chi connectivity index (χ3n) is 12.2. The lowest BCUT2D eigenvalue weighted by Crippen LogP contribution is -2.58. The Morgan fingerprint density at radius 2 is 1.77 bits per heavy atom. The smallest absolute Gasteiger partial charge is 0.294 e. The minimum atomic E-state index is -0.441. The zero-order chi connectivity index (χ0) is 43.1. The van der Waals surface area contributed by atoms with Crippen LogP contribution in [0.3, 0.4) is 0 Å². The topological polar surface area (TPSA) is 185 Å². The predicted molar refractivity (Wildman–Crippen MR) is 235 cm³/mol. The first-order chi connectivity index (χ1) is 29.3. The molecule has 0 spiro atoms. The number of hydrogen-bond donors (Lipinski definition) is 3. The van der Waals surface area contributed by atoms with Crippen LogP contribution in [0.15, 0.2) is 47.5 Å². The van der Waals surface area contributed by atoms with Gasteiger partial charge >= 0.3 is 0 Å². The van der Waals surface area contributed by atoms with E-state index in [1.165, 1.54) is 7.05 Å². The number of pyridine rings is 2. The number of imide groups is 1. The summed E-state index contributed by atoms with van der Waals surface area (Å²) in [4.78, 5) is 71.0. The van der Waals surface area contributed by atoms with Gasteiger partial charge in [-0.15, -0.1) is 0 Å². The normalized spacial score (nSPS) is 20.4. The van der Waals surface area contributed by atoms with Crippen molar-refractivity contribution in [1.29, 1.82) is 0 Å². The van der Waals surface area contributed by atoms with E-state index in [2.05, 4.69) is 60.5 Å². The maximum absolute atomic E-state index is 13.2. The number of carbonyl (C=O) groups excluding carboxylic acids is 3. The molecule has 3 saturated heterocycles. The van der Waals surface area contributed by atoms with Crippen LogP contribution in [0.25, 0.3) is 21.9 Å². The molecule has 17 nitrogen and oxygen atoms in total. The number of carbonyl (C=O) groups is 3. The number of rotatable bonds is 11. The van der Waals surface area contributed by atoms with Crippen molar-refractivity contribution in [2.45, 2.75) is 77.4 Å². The largest absolute Gasteiger partial charge is 0.478 e. The second-order valence-corrected chi connectivity index (χ2v) is 17.2. The molecule has 0 bridgehead atoms. The fraction of sp³-hybridized carbons (Fsp3) is 0.488. The summed E-state index contributed by atoms with van der Waals surface area (Å²) in [5, 5.41) is 15.1. The number of halogens is 1. The molecule has 7 heterocycles. The summed E-state index contributed by atoms with van der Waals surface area (Å²) in [6, 6.07) is 10.1. The molecule has 3 aliphatic rings. The van der Waals surface area contributed by atoms with Crippen LogP contribution in [0.1, 0.15) is 71.0 Å². The first-order valence-corrected chi connectivity index (χ1v) is 21.4. The van der Waals surface area contributed by atoms with Crippen molar-refractivity contribution in [3.63, 3.8) is 0 Å².